The number of benzene rings is 1. The smallest absolute Gasteiger partial charge is 0.128 e. The average Bonchev–Trinajstić information content (AvgIpc) is 2.61. The minimum absolute atomic E-state index is 0.212. The van der Waals surface area contributed by atoms with Crippen molar-refractivity contribution in [3.05, 3.63) is 54.2 Å². The fourth-order valence-corrected chi connectivity index (χ4v) is 3.12. The van der Waals surface area contributed by atoms with Crippen molar-refractivity contribution in [1.29, 1.82) is 0 Å². The Hall–Kier alpha value is -2.07. The van der Waals surface area contributed by atoms with Crippen molar-refractivity contribution in [1.82, 2.24) is 10.3 Å². The summed E-state index contributed by atoms with van der Waals surface area (Å²) in [4.78, 5) is 6.82. The second-order valence-corrected chi connectivity index (χ2v) is 6.64. The van der Waals surface area contributed by atoms with Crippen molar-refractivity contribution in [3.8, 4) is 5.75 Å². The number of nitrogens with one attached hydrogen (secondary N) is 1. The predicted octanol–water partition coefficient (Wildman–Crippen LogP) is 3.63. The molecule has 0 atom stereocenters. The van der Waals surface area contributed by atoms with Crippen LogP contribution in [0.3, 0.4) is 0 Å². The van der Waals surface area contributed by atoms with Crippen LogP contribution in [0.4, 0.5) is 5.82 Å². The molecule has 3 rings (SSSR count). The summed E-state index contributed by atoms with van der Waals surface area (Å²) in [5, 5.41) is 3.69. The number of pyridine rings is 1. The number of rotatable bonds is 6. The average molecular weight is 325 g/mol. The zero-order valence-corrected chi connectivity index (χ0v) is 14.6. The second kappa shape index (κ2) is 8.15. The molecule has 24 heavy (non-hydrogen) atoms. The molecule has 0 amide bonds. The first-order valence-corrected chi connectivity index (χ1v) is 8.85. The molecule has 128 valence electrons. The summed E-state index contributed by atoms with van der Waals surface area (Å²) >= 11 is 0. The van der Waals surface area contributed by atoms with Crippen LogP contribution in [0, 0.1) is 0 Å². The number of hydrogen-bond donors (Lipinski definition) is 1. The molecule has 4 heteroatoms. The van der Waals surface area contributed by atoms with Crippen LogP contribution in [0.1, 0.15) is 32.3 Å². The summed E-state index contributed by atoms with van der Waals surface area (Å²) in [7, 11) is 0. The maximum Gasteiger partial charge on any atom is 0.128 e. The van der Waals surface area contributed by atoms with Crippen LogP contribution in [-0.2, 0) is 6.54 Å². The zero-order chi connectivity index (χ0) is 16.8. The number of ether oxygens (including phenoxy) is 1. The molecule has 2 heterocycles. The van der Waals surface area contributed by atoms with Crippen LogP contribution in [0.2, 0.25) is 0 Å². The van der Waals surface area contributed by atoms with Gasteiger partial charge in [0.2, 0.25) is 0 Å². The molecule has 0 saturated carbocycles. The zero-order valence-electron chi connectivity index (χ0n) is 14.6. The highest BCUT2D eigenvalue weighted by Gasteiger charge is 2.19. The van der Waals surface area contributed by atoms with Gasteiger partial charge in [-0.05, 0) is 56.5 Å². The van der Waals surface area contributed by atoms with Crippen LogP contribution < -0.4 is 15.0 Å². The van der Waals surface area contributed by atoms with E-state index in [2.05, 4.69) is 59.4 Å². The molecule has 1 fully saturated rings. The van der Waals surface area contributed by atoms with Gasteiger partial charge < -0.3 is 15.0 Å². The van der Waals surface area contributed by atoms with E-state index in [0.717, 1.165) is 44.0 Å². The Morgan fingerprint density at radius 1 is 1.17 bits per heavy atom. The Morgan fingerprint density at radius 3 is 2.71 bits per heavy atom. The van der Waals surface area contributed by atoms with Crippen molar-refractivity contribution in [2.75, 3.05) is 18.0 Å². The van der Waals surface area contributed by atoms with Crippen molar-refractivity contribution in [2.24, 2.45) is 0 Å². The molecule has 2 aromatic rings. The van der Waals surface area contributed by atoms with Crippen LogP contribution in [0.25, 0.3) is 0 Å². The topological polar surface area (TPSA) is 37.4 Å². The quantitative estimate of drug-likeness (QED) is 0.880. The summed E-state index contributed by atoms with van der Waals surface area (Å²) in [5.41, 5.74) is 1.28. The third-order valence-corrected chi connectivity index (χ3v) is 4.33. The van der Waals surface area contributed by atoms with Gasteiger partial charge in [-0.15, -0.1) is 0 Å². The highest BCUT2D eigenvalue weighted by atomic mass is 16.5. The monoisotopic (exact) mass is 325 g/mol. The van der Waals surface area contributed by atoms with E-state index < -0.39 is 0 Å². The van der Waals surface area contributed by atoms with Gasteiger partial charge in [-0.1, -0.05) is 18.2 Å². The molecular formula is C20H27N3O. The van der Waals surface area contributed by atoms with E-state index in [1.54, 1.807) is 0 Å². The third-order valence-electron chi connectivity index (χ3n) is 4.33. The van der Waals surface area contributed by atoms with E-state index in [1.807, 2.05) is 18.3 Å². The van der Waals surface area contributed by atoms with Gasteiger partial charge in [-0.3, -0.25) is 0 Å². The minimum Gasteiger partial charge on any atom is -0.491 e. The van der Waals surface area contributed by atoms with E-state index >= 15 is 0 Å². The van der Waals surface area contributed by atoms with Crippen molar-refractivity contribution in [3.63, 3.8) is 0 Å². The molecule has 1 N–H and O–H groups in total. The van der Waals surface area contributed by atoms with Crippen molar-refractivity contribution < 1.29 is 4.74 Å². The largest absolute Gasteiger partial charge is 0.491 e. The molecule has 1 aromatic carbocycles. The number of anilines is 1. The molecule has 4 nitrogen and oxygen atoms in total. The van der Waals surface area contributed by atoms with Gasteiger partial charge in [-0.2, -0.15) is 0 Å². The van der Waals surface area contributed by atoms with Gasteiger partial charge in [-0.25, -0.2) is 4.98 Å². The Bertz CT molecular complexity index is 622. The van der Waals surface area contributed by atoms with Crippen LogP contribution in [0.5, 0.6) is 5.75 Å². The normalized spacial score (nSPS) is 15.7. The lowest BCUT2D eigenvalue weighted by atomic mass is 10.0. The summed E-state index contributed by atoms with van der Waals surface area (Å²) in [6.45, 7) is 7.13. The number of piperidine rings is 1. The molecule has 0 bridgehead atoms. The van der Waals surface area contributed by atoms with E-state index in [0.29, 0.717) is 6.04 Å². The molecule has 1 aliphatic rings. The Balaban J connectivity index is 1.47. The molecule has 0 unspecified atom stereocenters. The lowest BCUT2D eigenvalue weighted by molar-refractivity contribution is 0.242. The Labute approximate surface area is 144 Å². The molecule has 1 aromatic heterocycles. The van der Waals surface area contributed by atoms with Gasteiger partial charge in [0.1, 0.15) is 11.6 Å². The fraction of sp³-hybridized carbons (Fsp3) is 0.450. The number of nitrogens with zero attached hydrogens (tertiary/aromatic N) is 2. The highest BCUT2D eigenvalue weighted by molar-refractivity contribution is 5.38. The van der Waals surface area contributed by atoms with E-state index in [1.165, 1.54) is 5.56 Å². The fourth-order valence-electron chi connectivity index (χ4n) is 3.12. The van der Waals surface area contributed by atoms with Gasteiger partial charge >= 0.3 is 0 Å². The lowest BCUT2D eigenvalue weighted by Crippen LogP contribution is -2.42. The van der Waals surface area contributed by atoms with Crippen molar-refractivity contribution >= 4 is 5.82 Å². The van der Waals surface area contributed by atoms with Crippen LogP contribution in [0.15, 0.2) is 48.7 Å². The lowest BCUT2D eigenvalue weighted by Gasteiger charge is -2.33. The summed E-state index contributed by atoms with van der Waals surface area (Å²) < 4.78 is 5.77. The maximum absolute atomic E-state index is 5.77. The first kappa shape index (κ1) is 16.8. The minimum atomic E-state index is 0.212. The number of aromatic nitrogens is 1. The highest BCUT2D eigenvalue weighted by Crippen LogP contribution is 2.19. The third kappa shape index (κ3) is 4.71. The molecular weight excluding hydrogens is 298 g/mol. The summed E-state index contributed by atoms with van der Waals surface area (Å²) in [6.07, 6.45) is 4.38. The molecule has 1 aliphatic heterocycles. The summed E-state index contributed by atoms with van der Waals surface area (Å²) in [6, 6.07) is 15.1. The Kier molecular flexibility index (Phi) is 5.70. The SMILES string of the molecule is CC(C)Oc1cccc(CNC2CCN(c3ccccn3)CC2)c1. The van der Waals surface area contributed by atoms with Gasteiger partial charge in [0.05, 0.1) is 6.10 Å². The Morgan fingerprint density at radius 2 is 2.00 bits per heavy atom. The van der Waals surface area contributed by atoms with E-state index in [4.69, 9.17) is 4.74 Å². The number of hydrogen-bond acceptors (Lipinski definition) is 4. The standard InChI is InChI=1S/C20H27N3O/c1-16(2)24-19-7-5-6-17(14-19)15-22-18-9-12-23(13-10-18)20-8-3-4-11-21-20/h3-8,11,14,16,18,22H,9-10,12-13,15H2,1-2H3. The van der Waals surface area contributed by atoms with Gasteiger partial charge in [0.25, 0.3) is 0 Å². The van der Waals surface area contributed by atoms with E-state index in [-0.39, 0.29) is 6.10 Å². The molecule has 1 saturated heterocycles. The van der Waals surface area contributed by atoms with E-state index in [9.17, 15) is 0 Å². The first-order valence-electron chi connectivity index (χ1n) is 8.85. The van der Waals surface area contributed by atoms with Gasteiger partial charge in [0, 0.05) is 31.9 Å². The maximum atomic E-state index is 5.77. The summed E-state index contributed by atoms with van der Waals surface area (Å²) in [5.74, 6) is 2.05. The molecule has 0 radical (unpaired) electrons. The molecule has 0 aliphatic carbocycles. The first-order chi connectivity index (χ1) is 11.7. The predicted molar refractivity (Wildman–Crippen MR) is 98.5 cm³/mol. The molecule has 0 spiro atoms. The second-order valence-electron chi connectivity index (χ2n) is 6.64. The van der Waals surface area contributed by atoms with Crippen molar-refractivity contribution in [2.45, 2.75) is 45.4 Å². The van der Waals surface area contributed by atoms with Crippen LogP contribution in [-0.4, -0.2) is 30.2 Å². The van der Waals surface area contributed by atoms with Gasteiger partial charge in [0.15, 0.2) is 0 Å². The van der Waals surface area contributed by atoms with Crippen LogP contribution >= 0.6 is 0 Å².